The van der Waals surface area contributed by atoms with E-state index in [2.05, 4.69) is 5.32 Å². The Morgan fingerprint density at radius 2 is 2.11 bits per heavy atom. The van der Waals surface area contributed by atoms with E-state index in [1.165, 1.54) is 12.1 Å². The van der Waals surface area contributed by atoms with Gasteiger partial charge >= 0.3 is 0 Å². The van der Waals surface area contributed by atoms with Crippen molar-refractivity contribution in [1.82, 2.24) is 10.2 Å². The summed E-state index contributed by atoms with van der Waals surface area (Å²) in [6.45, 7) is 0.769. The molecule has 96 valence electrons. The van der Waals surface area contributed by atoms with E-state index in [0.717, 1.165) is 31.9 Å². The van der Waals surface area contributed by atoms with Gasteiger partial charge in [0.15, 0.2) is 0 Å². The van der Waals surface area contributed by atoms with Crippen LogP contribution >= 0.6 is 0 Å². The van der Waals surface area contributed by atoms with Gasteiger partial charge < -0.3 is 5.32 Å². The molecule has 2 aliphatic rings. The Morgan fingerprint density at radius 3 is 2.89 bits per heavy atom. The lowest BCUT2D eigenvalue weighted by atomic mass is 10.0. The number of nitrogens with one attached hydrogen (secondary N) is 1. The van der Waals surface area contributed by atoms with Gasteiger partial charge in [-0.1, -0.05) is 6.42 Å². The van der Waals surface area contributed by atoms with E-state index in [0.29, 0.717) is 5.56 Å². The maximum atomic E-state index is 13.8. The third-order valence-corrected chi connectivity index (χ3v) is 3.71. The predicted octanol–water partition coefficient (Wildman–Crippen LogP) is 1.95. The summed E-state index contributed by atoms with van der Waals surface area (Å²) in [4.78, 5) is 13.8. The molecule has 0 spiro atoms. The molecule has 3 rings (SSSR count). The maximum Gasteiger partial charge on any atom is 0.238 e. The number of benzene rings is 1. The Balaban J connectivity index is 1.94. The summed E-state index contributed by atoms with van der Waals surface area (Å²) in [5.74, 6) is -1.26. The minimum Gasteiger partial charge on any atom is -0.335 e. The summed E-state index contributed by atoms with van der Waals surface area (Å²) in [5, 5.41) is 2.80. The summed E-state index contributed by atoms with van der Waals surface area (Å²) in [6, 6.07) is 3.33. The maximum absolute atomic E-state index is 13.8. The number of fused-ring (bicyclic) bond motifs is 1. The van der Waals surface area contributed by atoms with Crippen molar-refractivity contribution < 1.29 is 13.6 Å². The van der Waals surface area contributed by atoms with Crippen molar-refractivity contribution in [2.75, 3.05) is 6.54 Å². The number of hydrogen-bond donors (Lipinski definition) is 1. The van der Waals surface area contributed by atoms with Crippen LogP contribution in [0.2, 0.25) is 0 Å². The minimum absolute atomic E-state index is 0.0524. The first kappa shape index (κ1) is 11.6. The van der Waals surface area contributed by atoms with E-state index in [1.807, 2.05) is 4.90 Å². The lowest BCUT2D eigenvalue weighted by Crippen LogP contribution is -2.38. The number of piperidine rings is 1. The smallest absolute Gasteiger partial charge is 0.238 e. The lowest BCUT2D eigenvalue weighted by molar-refractivity contribution is -0.122. The van der Waals surface area contributed by atoms with E-state index in [4.69, 9.17) is 0 Å². The standard InChI is InChI=1S/C13H14F2N2O/c14-8-4-5-9(10(15)7-8)12-16-13(18)11-3-1-2-6-17(11)12/h4-5,7,11-12H,1-3,6H2,(H,16,18). The molecular weight excluding hydrogens is 238 g/mol. The van der Waals surface area contributed by atoms with E-state index in [9.17, 15) is 13.6 Å². The third-order valence-electron chi connectivity index (χ3n) is 3.71. The first-order valence-electron chi connectivity index (χ1n) is 6.18. The number of amides is 1. The Hall–Kier alpha value is -1.49. The molecule has 2 unspecified atom stereocenters. The van der Waals surface area contributed by atoms with Gasteiger partial charge in [-0.05, 0) is 25.0 Å². The van der Waals surface area contributed by atoms with Gasteiger partial charge in [-0.15, -0.1) is 0 Å². The molecule has 1 amide bonds. The summed E-state index contributed by atoms with van der Waals surface area (Å²) < 4.78 is 26.7. The van der Waals surface area contributed by atoms with E-state index >= 15 is 0 Å². The highest BCUT2D eigenvalue weighted by Gasteiger charge is 2.42. The summed E-state index contributed by atoms with van der Waals surface area (Å²) in [5.41, 5.74) is 0.342. The molecule has 2 saturated heterocycles. The molecule has 2 aliphatic heterocycles. The molecule has 1 aromatic carbocycles. The Kier molecular flexibility index (Phi) is 2.78. The molecule has 1 N–H and O–H groups in total. The monoisotopic (exact) mass is 252 g/mol. The quantitative estimate of drug-likeness (QED) is 0.828. The van der Waals surface area contributed by atoms with E-state index < -0.39 is 17.8 Å². The number of halogens is 2. The van der Waals surface area contributed by atoms with Gasteiger partial charge in [-0.3, -0.25) is 9.69 Å². The van der Waals surface area contributed by atoms with Crippen molar-refractivity contribution in [3.63, 3.8) is 0 Å². The van der Waals surface area contributed by atoms with Crippen LogP contribution in [-0.4, -0.2) is 23.4 Å². The molecule has 0 radical (unpaired) electrons. The molecule has 2 atom stereocenters. The lowest BCUT2D eigenvalue weighted by Gasteiger charge is -2.31. The van der Waals surface area contributed by atoms with Crippen LogP contribution in [0.4, 0.5) is 8.78 Å². The van der Waals surface area contributed by atoms with Crippen molar-refractivity contribution in [1.29, 1.82) is 0 Å². The fourth-order valence-corrected chi connectivity index (χ4v) is 2.84. The topological polar surface area (TPSA) is 32.3 Å². The number of carbonyl (C=O) groups excluding carboxylic acids is 1. The highest BCUT2D eigenvalue weighted by Crippen LogP contribution is 2.33. The predicted molar refractivity (Wildman–Crippen MR) is 61.6 cm³/mol. The second-order valence-corrected chi connectivity index (χ2v) is 4.83. The summed E-state index contributed by atoms with van der Waals surface area (Å²) >= 11 is 0. The minimum atomic E-state index is -0.605. The third kappa shape index (κ3) is 1.79. The Bertz CT molecular complexity index is 492. The van der Waals surface area contributed by atoms with Gasteiger partial charge in [0.1, 0.15) is 17.8 Å². The first-order chi connectivity index (χ1) is 8.66. The average molecular weight is 252 g/mol. The molecule has 3 nitrogen and oxygen atoms in total. The molecule has 2 fully saturated rings. The first-order valence-corrected chi connectivity index (χ1v) is 6.18. The summed E-state index contributed by atoms with van der Waals surface area (Å²) in [6.07, 6.45) is 2.38. The largest absolute Gasteiger partial charge is 0.335 e. The van der Waals surface area contributed by atoms with Gasteiger partial charge in [0, 0.05) is 18.2 Å². The molecule has 0 bridgehead atoms. The van der Waals surface area contributed by atoms with Crippen LogP contribution in [0, 0.1) is 11.6 Å². The fraction of sp³-hybridized carbons (Fsp3) is 0.462. The summed E-state index contributed by atoms with van der Waals surface area (Å²) in [7, 11) is 0. The van der Waals surface area contributed by atoms with E-state index in [-0.39, 0.29) is 11.9 Å². The molecule has 0 aliphatic carbocycles. The second-order valence-electron chi connectivity index (χ2n) is 4.83. The number of rotatable bonds is 1. The van der Waals surface area contributed by atoms with Crippen LogP contribution in [0.25, 0.3) is 0 Å². The van der Waals surface area contributed by atoms with Crippen LogP contribution in [0.15, 0.2) is 18.2 Å². The normalized spacial score (nSPS) is 28.0. The van der Waals surface area contributed by atoms with Gasteiger partial charge in [-0.2, -0.15) is 0 Å². The molecule has 2 heterocycles. The van der Waals surface area contributed by atoms with Crippen LogP contribution in [-0.2, 0) is 4.79 Å². The van der Waals surface area contributed by atoms with Gasteiger partial charge in [0.25, 0.3) is 0 Å². The average Bonchev–Trinajstić information content (AvgIpc) is 2.68. The molecular formula is C13H14F2N2O. The number of hydrogen-bond acceptors (Lipinski definition) is 2. The molecule has 0 aromatic heterocycles. The van der Waals surface area contributed by atoms with Crippen molar-refractivity contribution in [3.8, 4) is 0 Å². The van der Waals surface area contributed by atoms with Crippen molar-refractivity contribution in [3.05, 3.63) is 35.4 Å². The molecule has 1 aromatic rings. The van der Waals surface area contributed by atoms with Crippen molar-refractivity contribution in [2.45, 2.75) is 31.5 Å². The van der Waals surface area contributed by atoms with Gasteiger partial charge in [0.2, 0.25) is 5.91 Å². The Labute approximate surface area is 104 Å². The van der Waals surface area contributed by atoms with Gasteiger partial charge in [0.05, 0.1) is 6.04 Å². The van der Waals surface area contributed by atoms with Crippen molar-refractivity contribution in [2.24, 2.45) is 0 Å². The van der Waals surface area contributed by atoms with Crippen LogP contribution in [0.1, 0.15) is 31.0 Å². The molecule has 18 heavy (non-hydrogen) atoms. The second kappa shape index (κ2) is 4.31. The van der Waals surface area contributed by atoms with Crippen LogP contribution in [0.3, 0.4) is 0 Å². The zero-order valence-electron chi connectivity index (χ0n) is 9.83. The fourth-order valence-electron chi connectivity index (χ4n) is 2.84. The Morgan fingerprint density at radius 1 is 1.28 bits per heavy atom. The van der Waals surface area contributed by atoms with Crippen LogP contribution < -0.4 is 5.32 Å². The number of nitrogens with zero attached hydrogens (tertiary/aromatic N) is 1. The zero-order chi connectivity index (χ0) is 12.7. The number of carbonyl (C=O) groups is 1. The van der Waals surface area contributed by atoms with E-state index in [1.54, 1.807) is 0 Å². The van der Waals surface area contributed by atoms with Crippen molar-refractivity contribution >= 4 is 5.91 Å². The van der Waals surface area contributed by atoms with Crippen LogP contribution in [0.5, 0.6) is 0 Å². The highest BCUT2D eigenvalue weighted by molar-refractivity contribution is 5.84. The molecule has 0 saturated carbocycles. The SMILES string of the molecule is O=C1NC(c2ccc(F)cc2F)N2CCCCC12. The highest BCUT2D eigenvalue weighted by atomic mass is 19.1. The zero-order valence-corrected chi connectivity index (χ0v) is 9.83. The van der Waals surface area contributed by atoms with Gasteiger partial charge in [-0.25, -0.2) is 8.78 Å². The molecule has 5 heteroatoms.